The van der Waals surface area contributed by atoms with Gasteiger partial charge in [-0.25, -0.2) is 4.98 Å². The first-order chi connectivity index (χ1) is 7.24. The predicted molar refractivity (Wildman–Crippen MR) is 66.3 cm³/mol. The zero-order valence-electron chi connectivity index (χ0n) is 9.22. The Morgan fingerprint density at radius 1 is 1.47 bits per heavy atom. The minimum atomic E-state index is 0.787. The normalized spacial score (nSPS) is 10.3. The van der Waals surface area contributed by atoms with Crippen molar-refractivity contribution in [1.82, 2.24) is 4.98 Å². The quantitative estimate of drug-likeness (QED) is 0.809. The van der Waals surface area contributed by atoms with Gasteiger partial charge in [0.15, 0.2) is 0 Å². The lowest BCUT2D eigenvalue weighted by Crippen LogP contribution is -2.07. The van der Waals surface area contributed by atoms with Gasteiger partial charge in [-0.1, -0.05) is 0 Å². The average molecular weight is 273 g/mol. The van der Waals surface area contributed by atoms with Gasteiger partial charge in [-0.05, 0) is 48.3 Å². The molecule has 0 radical (unpaired) electrons. The fourth-order valence-corrected chi connectivity index (χ4v) is 1.40. The van der Waals surface area contributed by atoms with Crippen LogP contribution in [-0.2, 0) is 4.74 Å². The number of nitrogens with one attached hydrogen (secondary N) is 1. The molecule has 0 spiro atoms. The Hall–Kier alpha value is -0.610. The summed E-state index contributed by atoms with van der Waals surface area (Å²) < 4.78 is 6.29. The van der Waals surface area contributed by atoms with Gasteiger partial charge >= 0.3 is 0 Å². The molecule has 15 heavy (non-hydrogen) atoms. The lowest BCUT2D eigenvalue weighted by atomic mass is 10.3. The van der Waals surface area contributed by atoms with Gasteiger partial charge in [-0.15, -0.1) is 0 Å². The number of halogens is 1. The molecule has 0 aliphatic heterocycles. The molecule has 0 saturated carbocycles. The first kappa shape index (κ1) is 12.5. The van der Waals surface area contributed by atoms with E-state index < -0.39 is 0 Å². The zero-order valence-corrected chi connectivity index (χ0v) is 10.8. The number of hydrogen-bond acceptors (Lipinski definition) is 3. The molecule has 0 saturated heterocycles. The van der Waals surface area contributed by atoms with Gasteiger partial charge in [0.1, 0.15) is 5.82 Å². The van der Waals surface area contributed by atoms with Gasteiger partial charge in [0.25, 0.3) is 0 Å². The third-order valence-electron chi connectivity index (χ3n) is 2.00. The average Bonchev–Trinajstić information content (AvgIpc) is 2.23. The fraction of sp³-hybridized carbons (Fsp3) is 0.545. The van der Waals surface area contributed by atoms with Gasteiger partial charge in [0.2, 0.25) is 0 Å². The Kier molecular flexibility index (Phi) is 5.65. The minimum absolute atomic E-state index is 0.787. The molecule has 0 aromatic carbocycles. The van der Waals surface area contributed by atoms with E-state index in [1.807, 2.05) is 26.0 Å². The second kappa shape index (κ2) is 6.80. The summed E-state index contributed by atoms with van der Waals surface area (Å²) in [5.74, 6) is 0.923. The van der Waals surface area contributed by atoms with Gasteiger partial charge in [-0.2, -0.15) is 0 Å². The molecule has 0 unspecified atom stereocenters. The van der Waals surface area contributed by atoms with E-state index in [0.717, 1.165) is 42.2 Å². The third kappa shape index (κ3) is 4.62. The molecule has 1 rings (SSSR count). The number of rotatable bonds is 6. The summed E-state index contributed by atoms with van der Waals surface area (Å²) in [5, 5.41) is 3.26. The SMILES string of the molecule is CCOCCCNc1ccc(Br)c(C)n1. The van der Waals surface area contributed by atoms with Crippen molar-refractivity contribution >= 4 is 21.7 Å². The van der Waals surface area contributed by atoms with Crippen molar-refractivity contribution < 1.29 is 4.74 Å². The van der Waals surface area contributed by atoms with E-state index in [4.69, 9.17) is 4.74 Å². The van der Waals surface area contributed by atoms with Crippen LogP contribution in [0.3, 0.4) is 0 Å². The first-order valence-corrected chi connectivity index (χ1v) is 5.98. The van der Waals surface area contributed by atoms with E-state index in [-0.39, 0.29) is 0 Å². The number of nitrogens with zero attached hydrogens (tertiary/aromatic N) is 1. The van der Waals surface area contributed by atoms with Crippen molar-refractivity contribution in [2.45, 2.75) is 20.3 Å². The van der Waals surface area contributed by atoms with Crippen molar-refractivity contribution in [2.24, 2.45) is 0 Å². The van der Waals surface area contributed by atoms with Gasteiger partial charge in [0, 0.05) is 24.2 Å². The zero-order chi connectivity index (χ0) is 11.1. The van der Waals surface area contributed by atoms with Crippen molar-refractivity contribution in [3.63, 3.8) is 0 Å². The van der Waals surface area contributed by atoms with Crippen LogP contribution in [0, 0.1) is 6.92 Å². The van der Waals surface area contributed by atoms with Crippen molar-refractivity contribution in [1.29, 1.82) is 0 Å². The van der Waals surface area contributed by atoms with Crippen molar-refractivity contribution in [3.05, 3.63) is 22.3 Å². The van der Waals surface area contributed by atoms with E-state index >= 15 is 0 Å². The van der Waals surface area contributed by atoms with Crippen molar-refractivity contribution in [2.75, 3.05) is 25.1 Å². The summed E-state index contributed by atoms with van der Waals surface area (Å²) in [6.07, 6.45) is 1.00. The van der Waals surface area contributed by atoms with Crippen LogP contribution in [0.2, 0.25) is 0 Å². The molecule has 0 aliphatic rings. The summed E-state index contributed by atoms with van der Waals surface area (Å²) in [6.45, 7) is 6.48. The molecule has 1 aromatic heterocycles. The van der Waals surface area contributed by atoms with Gasteiger partial charge < -0.3 is 10.1 Å². The number of pyridine rings is 1. The predicted octanol–water partition coefficient (Wildman–Crippen LogP) is 2.99. The molecule has 0 atom stereocenters. The van der Waals surface area contributed by atoms with E-state index in [1.165, 1.54) is 0 Å². The topological polar surface area (TPSA) is 34.1 Å². The van der Waals surface area contributed by atoms with Crippen LogP contribution in [0.5, 0.6) is 0 Å². The highest BCUT2D eigenvalue weighted by atomic mass is 79.9. The lowest BCUT2D eigenvalue weighted by molar-refractivity contribution is 0.147. The Morgan fingerprint density at radius 3 is 2.93 bits per heavy atom. The number of ether oxygens (including phenoxy) is 1. The standard InChI is InChI=1S/C11H17BrN2O/c1-3-15-8-4-7-13-11-6-5-10(12)9(2)14-11/h5-6H,3-4,7-8H2,1-2H3,(H,13,14). The number of aryl methyl sites for hydroxylation is 1. The third-order valence-corrected chi connectivity index (χ3v) is 2.84. The smallest absolute Gasteiger partial charge is 0.126 e. The monoisotopic (exact) mass is 272 g/mol. The Morgan fingerprint density at radius 2 is 2.27 bits per heavy atom. The largest absolute Gasteiger partial charge is 0.382 e. The summed E-state index contributed by atoms with van der Waals surface area (Å²) in [5.41, 5.74) is 1.00. The second-order valence-electron chi connectivity index (χ2n) is 3.24. The Labute approximate surface area is 99.4 Å². The second-order valence-corrected chi connectivity index (χ2v) is 4.10. The highest BCUT2D eigenvalue weighted by Crippen LogP contribution is 2.15. The minimum Gasteiger partial charge on any atom is -0.382 e. The highest BCUT2D eigenvalue weighted by molar-refractivity contribution is 9.10. The van der Waals surface area contributed by atoms with Crippen LogP contribution in [0.15, 0.2) is 16.6 Å². The number of aromatic nitrogens is 1. The Balaban J connectivity index is 2.28. The van der Waals surface area contributed by atoms with Crippen LogP contribution in [0.25, 0.3) is 0 Å². The van der Waals surface area contributed by atoms with Crippen LogP contribution in [0.4, 0.5) is 5.82 Å². The molecule has 4 heteroatoms. The summed E-state index contributed by atoms with van der Waals surface area (Å²) in [7, 11) is 0. The summed E-state index contributed by atoms with van der Waals surface area (Å²) in [6, 6.07) is 3.98. The van der Waals surface area contributed by atoms with E-state index in [9.17, 15) is 0 Å². The van der Waals surface area contributed by atoms with E-state index in [1.54, 1.807) is 0 Å². The molecule has 0 fully saturated rings. The first-order valence-electron chi connectivity index (χ1n) is 5.18. The van der Waals surface area contributed by atoms with E-state index in [0.29, 0.717) is 0 Å². The number of hydrogen-bond donors (Lipinski definition) is 1. The molecule has 3 nitrogen and oxygen atoms in total. The molecule has 1 N–H and O–H groups in total. The molecule has 84 valence electrons. The van der Waals surface area contributed by atoms with Gasteiger partial charge in [0.05, 0.1) is 5.69 Å². The number of anilines is 1. The van der Waals surface area contributed by atoms with E-state index in [2.05, 4.69) is 26.2 Å². The molecule has 1 heterocycles. The summed E-state index contributed by atoms with van der Waals surface area (Å²) >= 11 is 3.42. The molecular formula is C11H17BrN2O. The lowest BCUT2D eigenvalue weighted by Gasteiger charge is -2.06. The maximum absolute atomic E-state index is 5.25. The Bertz CT molecular complexity index is 305. The van der Waals surface area contributed by atoms with Crippen LogP contribution >= 0.6 is 15.9 Å². The molecule has 0 amide bonds. The molecular weight excluding hydrogens is 256 g/mol. The van der Waals surface area contributed by atoms with Crippen LogP contribution in [-0.4, -0.2) is 24.7 Å². The molecule has 1 aromatic rings. The van der Waals surface area contributed by atoms with Crippen LogP contribution < -0.4 is 5.32 Å². The van der Waals surface area contributed by atoms with Crippen LogP contribution in [0.1, 0.15) is 19.0 Å². The summed E-state index contributed by atoms with van der Waals surface area (Å²) in [4.78, 5) is 4.39. The van der Waals surface area contributed by atoms with Crippen molar-refractivity contribution in [3.8, 4) is 0 Å². The maximum Gasteiger partial charge on any atom is 0.126 e. The molecule has 0 aliphatic carbocycles. The van der Waals surface area contributed by atoms with Gasteiger partial charge in [-0.3, -0.25) is 0 Å². The molecule has 0 bridgehead atoms. The fourth-order valence-electron chi connectivity index (χ4n) is 1.18. The highest BCUT2D eigenvalue weighted by Gasteiger charge is 1.97. The maximum atomic E-state index is 5.25.